The van der Waals surface area contributed by atoms with E-state index in [0.717, 1.165) is 24.2 Å². The van der Waals surface area contributed by atoms with Gasteiger partial charge in [0.1, 0.15) is 5.75 Å². The molecule has 1 N–H and O–H groups in total. The molecule has 0 aliphatic carbocycles. The van der Waals surface area contributed by atoms with Crippen molar-refractivity contribution in [3.8, 4) is 5.75 Å². The van der Waals surface area contributed by atoms with E-state index < -0.39 is 0 Å². The van der Waals surface area contributed by atoms with Crippen molar-refractivity contribution in [2.24, 2.45) is 0 Å². The van der Waals surface area contributed by atoms with Gasteiger partial charge in [0, 0.05) is 16.3 Å². The number of carbonyl (C=O) groups excluding carboxylic acids is 1. The SMILES string of the molecule is CCC(C)(C)c1ccc(OCC(=O)Nc2ccc(Cl)cc2)c(C(C)(C)CC)c1. The Labute approximate surface area is 174 Å². The summed E-state index contributed by atoms with van der Waals surface area (Å²) in [7, 11) is 0. The third kappa shape index (κ3) is 5.51. The maximum atomic E-state index is 12.3. The van der Waals surface area contributed by atoms with E-state index in [2.05, 4.69) is 59.0 Å². The van der Waals surface area contributed by atoms with Gasteiger partial charge in [0.25, 0.3) is 5.91 Å². The van der Waals surface area contributed by atoms with E-state index in [-0.39, 0.29) is 23.3 Å². The maximum Gasteiger partial charge on any atom is 0.262 e. The molecule has 0 spiro atoms. The molecule has 0 aliphatic heterocycles. The van der Waals surface area contributed by atoms with Crippen molar-refractivity contribution in [2.75, 3.05) is 11.9 Å². The highest BCUT2D eigenvalue weighted by atomic mass is 35.5. The van der Waals surface area contributed by atoms with Crippen molar-refractivity contribution in [2.45, 2.75) is 65.2 Å². The van der Waals surface area contributed by atoms with Crippen LogP contribution in [-0.4, -0.2) is 12.5 Å². The summed E-state index contributed by atoms with van der Waals surface area (Å²) in [5.74, 6) is 0.578. The molecule has 0 saturated carbocycles. The maximum absolute atomic E-state index is 12.3. The predicted octanol–water partition coefficient (Wildman–Crippen LogP) is 6.73. The molecule has 28 heavy (non-hydrogen) atoms. The van der Waals surface area contributed by atoms with Gasteiger partial charge in [0.15, 0.2) is 6.61 Å². The summed E-state index contributed by atoms with van der Waals surface area (Å²) in [5.41, 5.74) is 3.20. The Hall–Kier alpha value is -2.00. The number of amides is 1. The predicted molar refractivity (Wildman–Crippen MR) is 119 cm³/mol. The highest BCUT2D eigenvalue weighted by Gasteiger charge is 2.26. The summed E-state index contributed by atoms with van der Waals surface area (Å²) >= 11 is 5.88. The average Bonchev–Trinajstić information content (AvgIpc) is 2.68. The van der Waals surface area contributed by atoms with Crippen molar-refractivity contribution in [1.29, 1.82) is 0 Å². The molecular weight excluding hydrogens is 370 g/mol. The zero-order valence-electron chi connectivity index (χ0n) is 17.9. The first kappa shape index (κ1) is 22.3. The van der Waals surface area contributed by atoms with Gasteiger partial charge in [-0.15, -0.1) is 0 Å². The quantitative estimate of drug-likeness (QED) is 0.532. The summed E-state index contributed by atoms with van der Waals surface area (Å²) in [6, 6.07) is 13.4. The molecule has 0 fully saturated rings. The third-order valence-corrected chi connectivity index (χ3v) is 6.00. The number of halogens is 1. The molecule has 3 nitrogen and oxygen atoms in total. The Kier molecular flexibility index (Phi) is 7.16. The number of hydrogen-bond acceptors (Lipinski definition) is 2. The second kappa shape index (κ2) is 9.00. The summed E-state index contributed by atoms with van der Waals surface area (Å²) in [4.78, 5) is 12.3. The third-order valence-electron chi connectivity index (χ3n) is 5.74. The average molecular weight is 402 g/mol. The van der Waals surface area contributed by atoms with Gasteiger partial charge in [-0.3, -0.25) is 4.79 Å². The summed E-state index contributed by atoms with van der Waals surface area (Å²) < 4.78 is 5.95. The van der Waals surface area contributed by atoms with Gasteiger partial charge in [-0.25, -0.2) is 0 Å². The van der Waals surface area contributed by atoms with Crippen molar-refractivity contribution >= 4 is 23.2 Å². The lowest BCUT2D eigenvalue weighted by Crippen LogP contribution is -2.24. The molecule has 2 aromatic carbocycles. The van der Waals surface area contributed by atoms with Crippen LogP contribution in [0.4, 0.5) is 5.69 Å². The number of hydrogen-bond donors (Lipinski definition) is 1. The molecule has 4 heteroatoms. The Balaban J connectivity index is 2.19. The van der Waals surface area contributed by atoms with Gasteiger partial charge >= 0.3 is 0 Å². The minimum absolute atomic E-state index is 0.0358. The minimum atomic E-state index is -0.194. The molecule has 0 aromatic heterocycles. The van der Waals surface area contributed by atoms with Crippen LogP contribution in [0.3, 0.4) is 0 Å². The first-order valence-electron chi connectivity index (χ1n) is 9.92. The Morgan fingerprint density at radius 1 is 0.964 bits per heavy atom. The summed E-state index contributed by atoms with van der Waals surface area (Å²) in [6.45, 7) is 13.3. The van der Waals surface area contributed by atoms with Crippen LogP contribution in [0.5, 0.6) is 5.75 Å². The monoisotopic (exact) mass is 401 g/mol. The fourth-order valence-electron chi connectivity index (χ4n) is 2.87. The molecule has 0 heterocycles. The fourth-order valence-corrected chi connectivity index (χ4v) is 3.00. The lowest BCUT2D eigenvalue weighted by atomic mass is 9.76. The van der Waals surface area contributed by atoms with Gasteiger partial charge in [0.2, 0.25) is 0 Å². The molecule has 0 saturated heterocycles. The van der Waals surface area contributed by atoms with Crippen LogP contribution in [-0.2, 0) is 15.6 Å². The summed E-state index contributed by atoms with van der Waals surface area (Å²) in [5, 5.41) is 3.47. The molecule has 0 aliphatic rings. The van der Waals surface area contributed by atoms with Crippen LogP contribution < -0.4 is 10.1 Å². The molecule has 0 radical (unpaired) electrons. The molecule has 0 atom stereocenters. The molecular formula is C24H32ClNO2. The molecule has 0 unspecified atom stereocenters. The molecule has 2 rings (SSSR count). The van der Waals surface area contributed by atoms with Crippen molar-refractivity contribution < 1.29 is 9.53 Å². The van der Waals surface area contributed by atoms with Gasteiger partial charge < -0.3 is 10.1 Å². The van der Waals surface area contributed by atoms with Gasteiger partial charge in [-0.05, 0) is 59.6 Å². The van der Waals surface area contributed by atoms with E-state index in [1.54, 1.807) is 24.3 Å². The highest BCUT2D eigenvalue weighted by molar-refractivity contribution is 6.30. The summed E-state index contributed by atoms with van der Waals surface area (Å²) in [6.07, 6.45) is 2.04. The van der Waals surface area contributed by atoms with Crippen molar-refractivity contribution in [1.82, 2.24) is 0 Å². The minimum Gasteiger partial charge on any atom is -0.483 e. The lowest BCUT2D eigenvalue weighted by Gasteiger charge is -2.30. The van der Waals surface area contributed by atoms with E-state index in [9.17, 15) is 4.79 Å². The number of carbonyl (C=O) groups is 1. The number of anilines is 1. The van der Waals surface area contributed by atoms with E-state index in [1.807, 2.05) is 6.07 Å². The molecule has 1 amide bonds. The smallest absolute Gasteiger partial charge is 0.262 e. The van der Waals surface area contributed by atoms with Crippen LogP contribution >= 0.6 is 11.6 Å². The lowest BCUT2D eigenvalue weighted by molar-refractivity contribution is -0.118. The largest absolute Gasteiger partial charge is 0.483 e. The van der Waals surface area contributed by atoms with Crippen LogP contribution in [0.15, 0.2) is 42.5 Å². The number of benzene rings is 2. The normalized spacial score (nSPS) is 12.0. The Bertz CT molecular complexity index is 810. The Morgan fingerprint density at radius 3 is 2.14 bits per heavy atom. The number of ether oxygens (including phenoxy) is 1. The number of rotatable bonds is 8. The molecule has 152 valence electrons. The Morgan fingerprint density at radius 2 is 1.57 bits per heavy atom. The van der Waals surface area contributed by atoms with E-state index in [4.69, 9.17) is 16.3 Å². The first-order valence-corrected chi connectivity index (χ1v) is 10.3. The molecule has 2 aromatic rings. The van der Waals surface area contributed by atoms with Crippen LogP contribution in [0.1, 0.15) is 65.5 Å². The van der Waals surface area contributed by atoms with E-state index in [1.165, 1.54) is 5.56 Å². The van der Waals surface area contributed by atoms with Crippen LogP contribution in [0.25, 0.3) is 0 Å². The molecule has 0 bridgehead atoms. The standard InChI is InChI=1S/C24H32ClNO2/c1-7-23(3,4)17-9-14-21(20(15-17)24(5,6)8-2)28-16-22(27)26-19-12-10-18(25)11-13-19/h9-15H,7-8,16H2,1-6H3,(H,26,27). The van der Waals surface area contributed by atoms with Crippen molar-refractivity contribution in [3.05, 3.63) is 58.6 Å². The van der Waals surface area contributed by atoms with Crippen LogP contribution in [0.2, 0.25) is 5.02 Å². The van der Waals surface area contributed by atoms with Gasteiger partial charge in [-0.1, -0.05) is 65.3 Å². The zero-order chi connectivity index (χ0) is 20.9. The van der Waals surface area contributed by atoms with Gasteiger partial charge in [0.05, 0.1) is 0 Å². The zero-order valence-corrected chi connectivity index (χ0v) is 18.6. The second-order valence-corrected chi connectivity index (χ2v) is 8.97. The van der Waals surface area contributed by atoms with Gasteiger partial charge in [-0.2, -0.15) is 0 Å². The number of nitrogens with one attached hydrogen (secondary N) is 1. The highest BCUT2D eigenvalue weighted by Crippen LogP contribution is 2.38. The fraction of sp³-hybridized carbons (Fsp3) is 0.458. The van der Waals surface area contributed by atoms with E-state index in [0.29, 0.717) is 10.7 Å². The first-order chi connectivity index (χ1) is 13.1. The van der Waals surface area contributed by atoms with E-state index >= 15 is 0 Å². The van der Waals surface area contributed by atoms with Crippen molar-refractivity contribution in [3.63, 3.8) is 0 Å². The topological polar surface area (TPSA) is 38.3 Å². The van der Waals surface area contributed by atoms with Crippen LogP contribution in [0, 0.1) is 0 Å². The second-order valence-electron chi connectivity index (χ2n) is 8.53.